The van der Waals surface area contributed by atoms with E-state index in [1.165, 1.54) is 30.2 Å². The van der Waals surface area contributed by atoms with E-state index in [9.17, 15) is 4.79 Å². The summed E-state index contributed by atoms with van der Waals surface area (Å²) in [6.07, 6.45) is 7.07. The van der Waals surface area contributed by atoms with Crippen molar-refractivity contribution in [2.24, 2.45) is 0 Å². The van der Waals surface area contributed by atoms with Crippen LogP contribution in [0.25, 0.3) is 0 Å². The molecule has 0 bridgehead atoms. The van der Waals surface area contributed by atoms with Crippen LogP contribution >= 0.6 is 0 Å². The van der Waals surface area contributed by atoms with Gasteiger partial charge in [-0.05, 0) is 0 Å². The average molecular weight is 282 g/mol. The van der Waals surface area contributed by atoms with Crippen molar-refractivity contribution in [2.75, 3.05) is 0 Å². The molecular weight excluding hydrogens is 264 g/mol. The Bertz CT molecular complexity index is 145. The molecule has 0 heterocycles. The number of rotatable bonds is 4. The fourth-order valence-electron chi connectivity index (χ4n) is 1.52. The molecule has 1 rings (SSSR count). The van der Waals surface area contributed by atoms with Crippen LogP contribution in [0.1, 0.15) is 45.4 Å². The molecule has 2 heteroatoms. The standard InChI is InChI=1S/C10H18OTe/c1-2-3-7-12-10-6-4-5-9(11)8-10/h10H,2-8H2,1H3. The second-order valence-electron chi connectivity index (χ2n) is 3.48. The van der Waals surface area contributed by atoms with E-state index in [0.717, 1.165) is 16.8 Å². The Labute approximate surface area is 85.4 Å². The first-order chi connectivity index (χ1) is 5.83. The molecule has 1 unspecified atom stereocenters. The summed E-state index contributed by atoms with van der Waals surface area (Å²) in [5.74, 6) is 0.535. The van der Waals surface area contributed by atoms with Crippen LogP contribution in [0.4, 0.5) is 0 Å². The van der Waals surface area contributed by atoms with Crippen LogP contribution in [-0.4, -0.2) is 26.7 Å². The van der Waals surface area contributed by atoms with Gasteiger partial charge in [0.05, 0.1) is 0 Å². The van der Waals surface area contributed by atoms with E-state index in [2.05, 4.69) is 6.92 Å². The molecule has 12 heavy (non-hydrogen) atoms. The maximum atomic E-state index is 11.1. The molecule has 0 saturated heterocycles. The van der Waals surface area contributed by atoms with Crippen molar-refractivity contribution in [1.29, 1.82) is 0 Å². The molecule has 70 valence electrons. The van der Waals surface area contributed by atoms with Crippen molar-refractivity contribution in [2.45, 2.75) is 53.9 Å². The second kappa shape index (κ2) is 6.00. The predicted molar refractivity (Wildman–Crippen MR) is 52.7 cm³/mol. The number of Topliss-reactive ketones (excluding diaryl/α,β-unsaturated/α-hetero) is 1. The third-order valence-electron chi connectivity index (χ3n) is 2.29. The van der Waals surface area contributed by atoms with E-state index in [1.54, 1.807) is 0 Å². The van der Waals surface area contributed by atoms with E-state index < -0.39 is 0 Å². The first-order valence-corrected chi connectivity index (χ1v) is 7.95. The molecule has 1 saturated carbocycles. The minimum atomic E-state index is 0.178. The summed E-state index contributed by atoms with van der Waals surface area (Å²) in [7, 11) is 0. The zero-order valence-corrected chi connectivity index (χ0v) is 10.2. The minimum absolute atomic E-state index is 0.178. The van der Waals surface area contributed by atoms with Gasteiger partial charge in [0.25, 0.3) is 0 Å². The summed E-state index contributed by atoms with van der Waals surface area (Å²) in [5, 5.41) is 0. The number of unbranched alkanes of at least 4 members (excludes halogenated alkanes) is 1. The van der Waals surface area contributed by atoms with Gasteiger partial charge in [0.1, 0.15) is 0 Å². The molecule has 1 atom stereocenters. The molecule has 0 aromatic carbocycles. The number of carbonyl (C=O) groups is 1. The van der Waals surface area contributed by atoms with Crippen LogP contribution in [0.5, 0.6) is 0 Å². The first kappa shape index (κ1) is 10.5. The summed E-state index contributed by atoms with van der Waals surface area (Å²) in [5.41, 5.74) is 0. The van der Waals surface area contributed by atoms with Gasteiger partial charge in [-0.15, -0.1) is 0 Å². The van der Waals surface area contributed by atoms with Gasteiger partial charge >= 0.3 is 85.4 Å². The van der Waals surface area contributed by atoms with Crippen molar-refractivity contribution in [1.82, 2.24) is 0 Å². The summed E-state index contributed by atoms with van der Waals surface area (Å²) in [4.78, 5) is 11.1. The molecule has 0 spiro atoms. The van der Waals surface area contributed by atoms with Gasteiger partial charge in [-0.1, -0.05) is 0 Å². The van der Waals surface area contributed by atoms with E-state index in [4.69, 9.17) is 0 Å². The Morgan fingerprint density at radius 3 is 3.08 bits per heavy atom. The SMILES string of the molecule is CCCC[Te]C1CCCC(=O)C1. The Morgan fingerprint density at radius 2 is 2.42 bits per heavy atom. The zero-order chi connectivity index (χ0) is 8.81. The summed E-state index contributed by atoms with van der Waals surface area (Å²) >= 11 is 0.178. The molecule has 1 aliphatic carbocycles. The van der Waals surface area contributed by atoms with Crippen molar-refractivity contribution >= 4 is 26.7 Å². The number of carbonyl (C=O) groups excluding carboxylic acids is 1. The Hall–Kier alpha value is 0.460. The molecule has 0 radical (unpaired) electrons. The molecule has 1 aliphatic rings. The predicted octanol–water partition coefficient (Wildman–Crippen LogP) is 2.84. The van der Waals surface area contributed by atoms with Crippen molar-refractivity contribution in [3.63, 3.8) is 0 Å². The van der Waals surface area contributed by atoms with E-state index in [-0.39, 0.29) is 20.9 Å². The fourth-order valence-corrected chi connectivity index (χ4v) is 5.59. The zero-order valence-electron chi connectivity index (χ0n) is 7.84. The maximum absolute atomic E-state index is 11.1. The van der Waals surface area contributed by atoms with Gasteiger partial charge in [-0.25, -0.2) is 0 Å². The van der Waals surface area contributed by atoms with E-state index in [1.807, 2.05) is 0 Å². The second-order valence-corrected chi connectivity index (χ2v) is 7.50. The van der Waals surface area contributed by atoms with Gasteiger partial charge < -0.3 is 0 Å². The van der Waals surface area contributed by atoms with E-state index in [0.29, 0.717) is 5.78 Å². The summed E-state index contributed by atoms with van der Waals surface area (Å²) < 4.78 is 2.32. The van der Waals surface area contributed by atoms with Crippen LogP contribution in [0, 0.1) is 0 Å². The first-order valence-electron chi connectivity index (χ1n) is 4.96. The average Bonchev–Trinajstić information content (AvgIpc) is 2.05. The van der Waals surface area contributed by atoms with Gasteiger partial charge in [-0.2, -0.15) is 0 Å². The summed E-state index contributed by atoms with van der Waals surface area (Å²) in [6, 6.07) is 0. The van der Waals surface area contributed by atoms with Crippen LogP contribution in [0.2, 0.25) is 8.43 Å². The molecule has 0 aliphatic heterocycles. The quantitative estimate of drug-likeness (QED) is 0.572. The molecule has 0 aromatic heterocycles. The number of hydrogen-bond donors (Lipinski definition) is 0. The molecule has 0 N–H and O–H groups in total. The Balaban J connectivity index is 2.10. The van der Waals surface area contributed by atoms with Gasteiger partial charge in [0, 0.05) is 0 Å². The van der Waals surface area contributed by atoms with Crippen molar-refractivity contribution < 1.29 is 4.79 Å². The van der Waals surface area contributed by atoms with Crippen LogP contribution < -0.4 is 0 Å². The monoisotopic (exact) mass is 284 g/mol. The number of hydrogen-bond acceptors (Lipinski definition) is 1. The Kier molecular flexibility index (Phi) is 5.27. The molecule has 0 aromatic rings. The molecule has 1 fully saturated rings. The van der Waals surface area contributed by atoms with E-state index >= 15 is 0 Å². The third kappa shape index (κ3) is 3.92. The van der Waals surface area contributed by atoms with Crippen LogP contribution in [0.3, 0.4) is 0 Å². The molecule has 1 nitrogen and oxygen atoms in total. The topological polar surface area (TPSA) is 17.1 Å². The molecular formula is C10H18OTe. The van der Waals surface area contributed by atoms with Gasteiger partial charge in [0.15, 0.2) is 0 Å². The van der Waals surface area contributed by atoms with Gasteiger partial charge in [0.2, 0.25) is 0 Å². The summed E-state index contributed by atoms with van der Waals surface area (Å²) in [6.45, 7) is 2.25. The van der Waals surface area contributed by atoms with Crippen LogP contribution in [0.15, 0.2) is 0 Å². The van der Waals surface area contributed by atoms with Gasteiger partial charge in [-0.3, -0.25) is 0 Å². The fraction of sp³-hybridized carbons (Fsp3) is 0.900. The molecule has 0 amide bonds. The van der Waals surface area contributed by atoms with Crippen molar-refractivity contribution in [3.8, 4) is 0 Å². The number of ketones is 1. The normalized spacial score (nSPS) is 24.4. The van der Waals surface area contributed by atoms with Crippen molar-refractivity contribution in [3.05, 3.63) is 0 Å². The Morgan fingerprint density at radius 1 is 1.58 bits per heavy atom. The van der Waals surface area contributed by atoms with Crippen LogP contribution in [-0.2, 0) is 4.79 Å². The third-order valence-corrected chi connectivity index (χ3v) is 6.28.